The number of carbonyl (C=O) groups is 2. The van der Waals surface area contributed by atoms with Crippen molar-refractivity contribution in [1.29, 1.82) is 0 Å². The molecule has 0 saturated heterocycles. The Kier molecular flexibility index (Phi) is 3.62. The molecule has 0 spiro atoms. The first kappa shape index (κ1) is 12.2. The third-order valence-electron chi connectivity index (χ3n) is 1.89. The molecule has 1 aromatic rings. The van der Waals surface area contributed by atoms with E-state index in [-0.39, 0.29) is 6.42 Å². The molecule has 16 heavy (non-hydrogen) atoms. The Morgan fingerprint density at radius 1 is 1.50 bits per heavy atom. The van der Waals surface area contributed by atoms with Crippen molar-refractivity contribution in [1.82, 2.24) is 9.55 Å². The van der Waals surface area contributed by atoms with Crippen molar-refractivity contribution < 1.29 is 24.5 Å². The number of carbonyl (C=O) groups excluding carboxylic acids is 2. The zero-order valence-electron chi connectivity index (χ0n) is 8.91. The fourth-order valence-corrected chi connectivity index (χ4v) is 0.844. The van der Waals surface area contributed by atoms with Crippen molar-refractivity contribution in [3.8, 4) is 0 Å². The Morgan fingerprint density at radius 2 is 2.19 bits per heavy atom. The summed E-state index contributed by atoms with van der Waals surface area (Å²) in [5.74, 6) is -1.80. The summed E-state index contributed by atoms with van der Waals surface area (Å²) in [4.78, 5) is 34.1. The number of aliphatic hydroxyl groups is 1. The van der Waals surface area contributed by atoms with Gasteiger partial charge in [0.2, 0.25) is 5.72 Å². The summed E-state index contributed by atoms with van der Waals surface area (Å²) in [5.41, 5.74) is -1.97. The lowest BCUT2D eigenvalue weighted by Gasteiger charge is -2.20. The van der Waals surface area contributed by atoms with Crippen molar-refractivity contribution in [2.75, 3.05) is 0 Å². The van der Waals surface area contributed by atoms with E-state index in [9.17, 15) is 14.7 Å². The van der Waals surface area contributed by atoms with Crippen LogP contribution in [0.3, 0.4) is 0 Å². The van der Waals surface area contributed by atoms with Gasteiger partial charge in [-0.25, -0.2) is 24.3 Å². The van der Waals surface area contributed by atoms with Crippen molar-refractivity contribution in [2.45, 2.75) is 26.0 Å². The SMILES string of the molecule is CCC(=O)OOC(=O)C(C)(O)n1ccnc1. The van der Waals surface area contributed by atoms with E-state index in [0.29, 0.717) is 0 Å². The smallest absolute Gasteiger partial charge is 0.361 e. The van der Waals surface area contributed by atoms with Gasteiger partial charge in [-0.1, -0.05) is 6.92 Å². The molecule has 7 heteroatoms. The van der Waals surface area contributed by atoms with Crippen LogP contribution in [0.15, 0.2) is 18.7 Å². The fraction of sp³-hybridized carbons (Fsp3) is 0.444. The number of aromatic nitrogens is 2. The number of hydrogen-bond acceptors (Lipinski definition) is 6. The van der Waals surface area contributed by atoms with Gasteiger partial charge in [0.1, 0.15) is 0 Å². The van der Waals surface area contributed by atoms with Crippen LogP contribution in [0.5, 0.6) is 0 Å². The van der Waals surface area contributed by atoms with E-state index in [1.807, 2.05) is 0 Å². The molecule has 1 rings (SSSR count). The third kappa shape index (κ3) is 2.57. The minimum Gasteiger partial charge on any atom is -0.361 e. The highest BCUT2D eigenvalue weighted by Gasteiger charge is 2.36. The van der Waals surface area contributed by atoms with E-state index in [0.717, 1.165) is 4.57 Å². The van der Waals surface area contributed by atoms with Gasteiger partial charge in [-0.3, -0.25) is 4.57 Å². The summed E-state index contributed by atoms with van der Waals surface area (Å²) >= 11 is 0. The van der Waals surface area contributed by atoms with Crippen LogP contribution in [-0.4, -0.2) is 26.6 Å². The summed E-state index contributed by atoms with van der Waals surface area (Å²) in [6.07, 6.45) is 4.08. The maximum atomic E-state index is 11.4. The molecule has 0 aliphatic rings. The molecule has 0 saturated carbocycles. The second-order valence-electron chi connectivity index (χ2n) is 3.17. The van der Waals surface area contributed by atoms with Crippen molar-refractivity contribution >= 4 is 11.9 Å². The number of imidazole rings is 1. The van der Waals surface area contributed by atoms with Crippen LogP contribution in [0.2, 0.25) is 0 Å². The molecule has 0 radical (unpaired) electrons. The zero-order valence-corrected chi connectivity index (χ0v) is 8.91. The first-order valence-corrected chi connectivity index (χ1v) is 4.61. The predicted octanol–water partition coefficient (Wildman–Crippen LogP) is -0.0405. The Labute approximate surface area is 91.5 Å². The van der Waals surface area contributed by atoms with E-state index in [4.69, 9.17) is 0 Å². The van der Waals surface area contributed by atoms with E-state index in [1.54, 1.807) is 6.92 Å². The minimum atomic E-state index is -1.97. The fourth-order valence-electron chi connectivity index (χ4n) is 0.844. The Balaban J connectivity index is 2.63. The topological polar surface area (TPSA) is 90.6 Å². The molecule has 1 unspecified atom stereocenters. The summed E-state index contributed by atoms with van der Waals surface area (Å²) in [6.45, 7) is 2.74. The highest BCUT2D eigenvalue weighted by atomic mass is 17.2. The first-order chi connectivity index (χ1) is 7.48. The molecule has 0 aliphatic carbocycles. The van der Waals surface area contributed by atoms with Crippen molar-refractivity contribution in [3.05, 3.63) is 18.7 Å². The van der Waals surface area contributed by atoms with Gasteiger partial charge in [0.25, 0.3) is 0 Å². The Morgan fingerprint density at radius 3 is 2.69 bits per heavy atom. The summed E-state index contributed by atoms with van der Waals surface area (Å²) in [6, 6.07) is 0. The van der Waals surface area contributed by atoms with E-state index < -0.39 is 17.7 Å². The predicted molar refractivity (Wildman–Crippen MR) is 50.6 cm³/mol. The molecular weight excluding hydrogens is 216 g/mol. The molecule has 0 aliphatic heterocycles. The van der Waals surface area contributed by atoms with Crippen LogP contribution in [0.25, 0.3) is 0 Å². The lowest BCUT2D eigenvalue weighted by molar-refractivity contribution is -0.275. The van der Waals surface area contributed by atoms with Crippen LogP contribution in [0, 0.1) is 0 Å². The van der Waals surface area contributed by atoms with Crippen LogP contribution < -0.4 is 0 Å². The summed E-state index contributed by atoms with van der Waals surface area (Å²) in [5, 5.41) is 9.79. The van der Waals surface area contributed by atoms with Crippen molar-refractivity contribution in [3.63, 3.8) is 0 Å². The van der Waals surface area contributed by atoms with Crippen LogP contribution >= 0.6 is 0 Å². The summed E-state index contributed by atoms with van der Waals surface area (Å²) < 4.78 is 1.12. The number of hydrogen-bond donors (Lipinski definition) is 1. The van der Waals surface area contributed by atoms with Gasteiger partial charge in [0.15, 0.2) is 0 Å². The third-order valence-corrected chi connectivity index (χ3v) is 1.89. The molecule has 1 aromatic heterocycles. The van der Waals surface area contributed by atoms with E-state index >= 15 is 0 Å². The maximum Gasteiger partial charge on any atom is 0.407 e. The molecule has 0 bridgehead atoms. The number of nitrogens with zero attached hydrogens (tertiary/aromatic N) is 2. The molecule has 1 heterocycles. The van der Waals surface area contributed by atoms with Crippen molar-refractivity contribution in [2.24, 2.45) is 0 Å². The van der Waals surface area contributed by atoms with Crippen LogP contribution in [0.1, 0.15) is 20.3 Å². The second kappa shape index (κ2) is 4.75. The molecule has 0 fully saturated rings. The second-order valence-corrected chi connectivity index (χ2v) is 3.17. The monoisotopic (exact) mass is 228 g/mol. The van der Waals surface area contributed by atoms with Crippen LogP contribution in [0.4, 0.5) is 0 Å². The van der Waals surface area contributed by atoms with E-state index in [2.05, 4.69) is 14.8 Å². The van der Waals surface area contributed by atoms with E-state index in [1.165, 1.54) is 25.6 Å². The molecular formula is C9H12N2O5. The van der Waals surface area contributed by atoms with Gasteiger partial charge in [-0.2, -0.15) is 0 Å². The van der Waals surface area contributed by atoms with Gasteiger partial charge >= 0.3 is 11.9 Å². The lowest BCUT2D eigenvalue weighted by atomic mass is 10.3. The molecule has 1 atom stereocenters. The van der Waals surface area contributed by atoms with Gasteiger partial charge < -0.3 is 5.11 Å². The average Bonchev–Trinajstić information content (AvgIpc) is 2.78. The van der Waals surface area contributed by atoms with Gasteiger partial charge in [-0.05, 0) is 6.92 Å². The molecule has 0 aromatic carbocycles. The number of rotatable bonds is 3. The molecule has 7 nitrogen and oxygen atoms in total. The molecule has 0 amide bonds. The quantitative estimate of drug-likeness (QED) is 0.576. The summed E-state index contributed by atoms with van der Waals surface area (Å²) in [7, 11) is 0. The lowest BCUT2D eigenvalue weighted by Crippen LogP contribution is -2.39. The van der Waals surface area contributed by atoms with Gasteiger partial charge in [-0.15, -0.1) is 0 Å². The highest BCUT2D eigenvalue weighted by molar-refractivity contribution is 5.77. The minimum absolute atomic E-state index is 0.0699. The average molecular weight is 228 g/mol. The standard InChI is InChI=1S/C9H12N2O5/c1-3-7(12)15-16-8(13)9(2,14)11-5-4-10-6-11/h4-6,14H,3H2,1-2H3. The Bertz CT molecular complexity index is 371. The first-order valence-electron chi connectivity index (χ1n) is 4.61. The maximum absolute atomic E-state index is 11.4. The zero-order chi connectivity index (χ0) is 12.2. The largest absolute Gasteiger partial charge is 0.407 e. The Hall–Kier alpha value is -1.89. The van der Waals surface area contributed by atoms with Crippen LogP contribution in [-0.2, 0) is 25.1 Å². The van der Waals surface area contributed by atoms with Gasteiger partial charge in [0.05, 0.1) is 6.33 Å². The normalized spacial score (nSPS) is 13.9. The van der Waals surface area contributed by atoms with Gasteiger partial charge in [0, 0.05) is 18.8 Å². The highest BCUT2D eigenvalue weighted by Crippen LogP contribution is 2.13. The molecule has 1 N–H and O–H groups in total. The molecule has 88 valence electrons.